The largest absolute Gasteiger partial charge is 0.465 e. The minimum absolute atomic E-state index is 0.0397. The van der Waals surface area contributed by atoms with Gasteiger partial charge in [0, 0.05) is 39.0 Å². The fourth-order valence-electron chi connectivity index (χ4n) is 5.97. The molecule has 32 heavy (non-hydrogen) atoms. The standard InChI is InChI=1S/C23H36O9/c1-14(24)29-11-19-21(5)9-8-20(32-17(4)27)22(6,12-30-15(2)25)18(21)7-10-23(19,28)13-31-16(3)26/h18-20,28H,7-13H2,1-6H3/t18?,19-,20+,21+,22-,23-/m0/s1. The molecule has 0 amide bonds. The predicted molar refractivity (Wildman–Crippen MR) is 112 cm³/mol. The molecule has 0 aromatic heterocycles. The first-order chi connectivity index (χ1) is 14.7. The Morgan fingerprint density at radius 1 is 0.812 bits per heavy atom. The Bertz CT molecular complexity index is 750. The van der Waals surface area contributed by atoms with Crippen LogP contribution in [0.2, 0.25) is 0 Å². The van der Waals surface area contributed by atoms with E-state index >= 15 is 0 Å². The lowest BCUT2D eigenvalue weighted by Crippen LogP contribution is -2.65. The molecule has 2 saturated carbocycles. The summed E-state index contributed by atoms with van der Waals surface area (Å²) < 4.78 is 21.6. The molecule has 9 heteroatoms. The lowest BCUT2D eigenvalue weighted by atomic mass is 9.44. The van der Waals surface area contributed by atoms with E-state index in [-0.39, 0.29) is 32.2 Å². The Hall–Kier alpha value is -2.16. The summed E-state index contributed by atoms with van der Waals surface area (Å²) in [5, 5.41) is 11.6. The van der Waals surface area contributed by atoms with Gasteiger partial charge in [-0.1, -0.05) is 13.8 Å². The molecule has 0 saturated heterocycles. The van der Waals surface area contributed by atoms with Gasteiger partial charge >= 0.3 is 23.9 Å². The van der Waals surface area contributed by atoms with Gasteiger partial charge in [-0.3, -0.25) is 19.2 Å². The van der Waals surface area contributed by atoms with Crippen molar-refractivity contribution >= 4 is 23.9 Å². The van der Waals surface area contributed by atoms with E-state index in [0.29, 0.717) is 19.3 Å². The van der Waals surface area contributed by atoms with Gasteiger partial charge in [-0.15, -0.1) is 0 Å². The summed E-state index contributed by atoms with van der Waals surface area (Å²) >= 11 is 0. The summed E-state index contributed by atoms with van der Waals surface area (Å²) in [6.45, 7) is 9.02. The summed E-state index contributed by atoms with van der Waals surface area (Å²) in [5.74, 6) is -2.47. The van der Waals surface area contributed by atoms with Crippen molar-refractivity contribution in [1.29, 1.82) is 0 Å². The fourth-order valence-corrected chi connectivity index (χ4v) is 5.97. The van der Waals surface area contributed by atoms with Gasteiger partial charge in [-0.05, 0) is 37.0 Å². The summed E-state index contributed by atoms with van der Waals surface area (Å²) in [7, 11) is 0. The molecular weight excluding hydrogens is 420 g/mol. The molecule has 0 aromatic carbocycles. The number of rotatable bonds is 7. The third-order valence-electron chi connectivity index (χ3n) is 7.46. The lowest BCUT2D eigenvalue weighted by molar-refractivity contribution is -0.240. The van der Waals surface area contributed by atoms with Crippen molar-refractivity contribution < 1.29 is 43.2 Å². The highest BCUT2D eigenvalue weighted by atomic mass is 16.6. The minimum Gasteiger partial charge on any atom is -0.465 e. The van der Waals surface area contributed by atoms with E-state index in [9.17, 15) is 24.3 Å². The van der Waals surface area contributed by atoms with Crippen LogP contribution < -0.4 is 0 Å². The van der Waals surface area contributed by atoms with Crippen LogP contribution >= 0.6 is 0 Å². The maximum absolute atomic E-state index is 11.8. The number of ether oxygens (including phenoxy) is 4. The van der Waals surface area contributed by atoms with Crippen molar-refractivity contribution in [1.82, 2.24) is 0 Å². The smallest absolute Gasteiger partial charge is 0.302 e. The first kappa shape index (κ1) is 26.1. The van der Waals surface area contributed by atoms with Crippen LogP contribution in [0.1, 0.15) is 67.2 Å². The first-order valence-electron chi connectivity index (χ1n) is 11.0. The highest BCUT2D eigenvalue weighted by Crippen LogP contribution is 2.62. The normalized spacial score (nSPS) is 36.4. The first-order valence-corrected chi connectivity index (χ1v) is 11.0. The highest BCUT2D eigenvalue weighted by molar-refractivity contribution is 5.67. The summed E-state index contributed by atoms with van der Waals surface area (Å²) in [5.41, 5.74) is -2.65. The lowest BCUT2D eigenvalue weighted by Gasteiger charge is -2.62. The Morgan fingerprint density at radius 2 is 1.38 bits per heavy atom. The molecule has 0 spiro atoms. The second-order valence-corrected chi connectivity index (χ2v) is 9.76. The summed E-state index contributed by atoms with van der Waals surface area (Å²) in [6.07, 6.45) is 1.42. The molecular formula is C23H36O9. The SMILES string of the molecule is CC(=O)OC[C@@H]1[C@@](O)(COC(C)=O)CCC2[C@](C)(COC(C)=O)[C@H](OC(C)=O)CC[C@]21C. The molecule has 1 N–H and O–H groups in total. The molecule has 1 unspecified atom stereocenters. The van der Waals surface area contributed by atoms with Gasteiger partial charge in [0.15, 0.2) is 0 Å². The Balaban J connectivity index is 2.47. The van der Waals surface area contributed by atoms with E-state index in [1.165, 1.54) is 27.7 Å². The van der Waals surface area contributed by atoms with Crippen LogP contribution in [0.3, 0.4) is 0 Å². The van der Waals surface area contributed by atoms with E-state index in [2.05, 4.69) is 0 Å². The van der Waals surface area contributed by atoms with Crippen molar-refractivity contribution in [2.24, 2.45) is 22.7 Å². The molecule has 2 fully saturated rings. The molecule has 0 radical (unpaired) electrons. The van der Waals surface area contributed by atoms with Crippen molar-refractivity contribution in [3.8, 4) is 0 Å². The van der Waals surface area contributed by atoms with Crippen molar-refractivity contribution in [2.45, 2.75) is 78.9 Å². The number of fused-ring (bicyclic) bond motifs is 1. The van der Waals surface area contributed by atoms with E-state index in [0.717, 1.165) is 0 Å². The third kappa shape index (κ3) is 5.42. The van der Waals surface area contributed by atoms with E-state index in [1.807, 2.05) is 13.8 Å². The van der Waals surface area contributed by atoms with Crippen LogP contribution in [-0.4, -0.2) is 60.5 Å². The number of aliphatic hydroxyl groups is 1. The molecule has 2 rings (SSSR count). The third-order valence-corrected chi connectivity index (χ3v) is 7.46. The zero-order chi connectivity index (χ0) is 24.3. The van der Waals surface area contributed by atoms with Crippen LogP contribution in [0, 0.1) is 22.7 Å². The van der Waals surface area contributed by atoms with Gasteiger partial charge in [0.25, 0.3) is 0 Å². The maximum atomic E-state index is 11.8. The zero-order valence-electron chi connectivity index (χ0n) is 19.9. The maximum Gasteiger partial charge on any atom is 0.302 e. The number of carbonyl (C=O) groups excluding carboxylic acids is 4. The highest BCUT2D eigenvalue weighted by Gasteiger charge is 2.64. The molecule has 9 nitrogen and oxygen atoms in total. The van der Waals surface area contributed by atoms with E-state index < -0.39 is 52.3 Å². The molecule has 0 bridgehead atoms. The fraction of sp³-hybridized carbons (Fsp3) is 0.826. The van der Waals surface area contributed by atoms with Gasteiger partial charge in [-0.25, -0.2) is 0 Å². The Kier molecular flexibility index (Phi) is 7.96. The quantitative estimate of drug-likeness (QED) is 0.453. The van der Waals surface area contributed by atoms with Crippen LogP contribution in [0.15, 0.2) is 0 Å². The summed E-state index contributed by atoms with van der Waals surface area (Å²) in [6, 6.07) is 0. The Morgan fingerprint density at radius 3 is 1.91 bits per heavy atom. The van der Waals surface area contributed by atoms with Crippen LogP contribution in [-0.2, 0) is 38.1 Å². The van der Waals surface area contributed by atoms with Crippen molar-refractivity contribution in [2.75, 3.05) is 19.8 Å². The van der Waals surface area contributed by atoms with Crippen molar-refractivity contribution in [3.05, 3.63) is 0 Å². The van der Waals surface area contributed by atoms with Gasteiger partial charge in [0.1, 0.15) is 24.9 Å². The zero-order valence-corrected chi connectivity index (χ0v) is 19.9. The molecule has 0 aromatic rings. The second-order valence-electron chi connectivity index (χ2n) is 9.76. The predicted octanol–water partition coefficient (Wildman–Crippen LogP) is 2.17. The topological polar surface area (TPSA) is 125 Å². The molecule has 6 atom stereocenters. The number of hydrogen-bond acceptors (Lipinski definition) is 9. The molecule has 182 valence electrons. The van der Waals surface area contributed by atoms with E-state index in [4.69, 9.17) is 18.9 Å². The van der Waals surface area contributed by atoms with Crippen molar-refractivity contribution in [3.63, 3.8) is 0 Å². The summed E-state index contributed by atoms with van der Waals surface area (Å²) in [4.78, 5) is 46.5. The van der Waals surface area contributed by atoms with Gasteiger partial charge < -0.3 is 24.1 Å². The average molecular weight is 457 g/mol. The number of esters is 4. The van der Waals surface area contributed by atoms with Crippen LogP contribution in [0.4, 0.5) is 0 Å². The molecule has 0 aliphatic heterocycles. The molecule has 0 heterocycles. The van der Waals surface area contributed by atoms with Crippen LogP contribution in [0.5, 0.6) is 0 Å². The number of carbonyl (C=O) groups is 4. The van der Waals surface area contributed by atoms with Crippen LogP contribution in [0.25, 0.3) is 0 Å². The molecule has 2 aliphatic rings. The second kappa shape index (κ2) is 9.77. The monoisotopic (exact) mass is 456 g/mol. The van der Waals surface area contributed by atoms with E-state index in [1.54, 1.807) is 0 Å². The number of hydrogen-bond donors (Lipinski definition) is 1. The van der Waals surface area contributed by atoms with Gasteiger partial charge in [-0.2, -0.15) is 0 Å². The molecule has 2 aliphatic carbocycles. The van der Waals surface area contributed by atoms with Gasteiger partial charge in [0.05, 0.1) is 6.61 Å². The Labute approximate surface area is 189 Å². The minimum atomic E-state index is -1.39. The van der Waals surface area contributed by atoms with Gasteiger partial charge in [0.2, 0.25) is 0 Å². The average Bonchev–Trinajstić information content (AvgIpc) is 2.66.